The van der Waals surface area contributed by atoms with Crippen molar-refractivity contribution in [1.29, 1.82) is 0 Å². The molecule has 0 saturated heterocycles. The lowest BCUT2D eigenvalue weighted by Gasteiger charge is -2.00. The van der Waals surface area contributed by atoms with Crippen LogP contribution in [-0.4, -0.2) is 5.11 Å². The maximum absolute atomic E-state index is 12.7. The summed E-state index contributed by atoms with van der Waals surface area (Å²) < 4.78 is 12.7. The van der Waals surface area contributed by atoms with Crippen LogP contribution in [-0.2, 0) is 6.42 Å². The van der Waals surface area contributed by atoms with Crippen LogP contribution in [0.3, 0.4) is 0 Å². The fraction of sp³-hybridized carbons (Fsp3) is 0.455. The van der Waals surface area contributed by atoms with Gasteiger partial charge in [0.05, 0.1) is 0 Å². The van der Waals surface area contributed by atoms with E-state index in [1.54, 1.807) is 6.92 Å². The molecule has 1 aromatic rings. The van der Waals surface area contributed by atoms with Gasteiger partial charge in [0.15, 0.2) is 0 Å². The Kier molecular flexibility index (Phi) is 5.94. The Hall–Kier alpha value is -1.05. The number of rotatable bonds is 1. The van der Waals surface area contributed by atoms with E-state index in [4.69, 9.17) is 5.11 Å². The van der Waals surface area contributed by atoms with E-state index in [1.807, 2.05) is 0 Å². The number of halogens is 1. The van der Waals surface area contributed by atoms with E-state index in [-0.39, 0.29) is 11.6 Å². The van der Waals surface area contributed by atoms with Gasteiger partial charge in [0.2, 0.25) is 0 Å². The number of benzene rings is 1. The minimum absolute atomic E-state index is 0.0440. The quantitative estimate of drug-likeness (QED) is 0.708. The van der Waals surface area contributed by atoms with Gasteiger partial charge in [0.25, 0.3) is 0 Å². The van der Waals surface area contributed by atoms with Crippen LogP contribution in [0, 0.1) is 5.82 Å². The Morgan fingerprint density at radius 3 is 2.08 bits per heavy atom. The monoisotopic (exact) mass is 184 g/mol. The summed E-state index contributed by atoms with van der Waals surface area (Å²) in [6, 6.07) is 4.32. The number of aromatic hydroxyl groups is 1. The number of hydrogen-bond acceptors (Lipinski definition) is 1. The lowest BCUT2D eigenvalue weighted by Crippen LogP contribution is -1.86. The van der Waals surface area contributed by atoms with Crippen LogP contribution in [0.1, 0.15) is 32.8 Å². The van der Waals surface area contributed by atoms with E-state index in [1.165, 1.54) is 24.6 Å². The van der Waals surface area contributed by atoms with Crippen LogP contribution >= 0.6 is 0 Å². The smallest absolute Gasteiger partial charge is 0.130 e. The predicted molar refractivity (Wildman–Crippen MR) is 53.4 cm³/mol. The van der Waals surface area contributed by atoms with E-state index in [2.05, 4.69) is 13.8 Å². The molecule has 1 rings (SSSR count). The van der Waals surface area contributed by atoms with Crippen LogP contribution < -0.4 is 0 Å². The summed E-state index contributed by atoms with van der Waals surface area (Å²) in [5.41, 5.74) is 0.391. The Morgan fingerprint density at radius 2 is 1.77 bits per heavy atom. The topological polar surface area (TPSA) is 20.2 Å². The van der Waals surface area contributed by atoms with Crippen molar-refractivity contribution in [3.8, 4) is 5.75 Å². The van der Waals surface area contributed by atoms with Gasteiger partial charge in [0, 0.05) is 5.56 Å². The first-order chi connectivity index (χ1) is 6.17. The molecule has 0 atom stereocenters. The molecule has 0 bridgehead atoms. The second-order valence-electron chi connectivity index (χ2n) is 2.80. The second kappa shape index (κ2) is 6.46. The largest absolute Gasteiger partial charge is 0.508 e. The molecule has 0 unspecified atom stereocenters. The van der Waals surface area contributed by atoms with Gasteiger partial charge in [-0.05, 0) is 18.6 Å². The van der Waals surface area contributed by atoms with Crippen LogP contribution in [0.4, 0.5) is 4.39 Å². The van der Waals surface area contributed by atoms with Crippen molar-refractivity contribution in [2.75, 3.05) is 0 Å². The fourth-order valence-electron chi connectivity index (χ4n) is 0.897. The standard InChI is InChI=1S/C8H9FO.C3H8/c1-2-6-7(9)4-3-5-8(6)10;1-3-2/h3-5,10H,2H2,1H3;3H2,1-2H3. The van der Waals surface area contributed by atoms with Crippen LogP contribution in [0.25, 0.3) is 0 Å². The number of phenols is 1. The zero-order valence-electron chi connectivity index (χ0n) is 8.47. The van der Waals surface area contributed by atoms with Crippen LogP contribution in [0.15, 0.2) is 18.2 Å². The van der Waals surface area contributed by atoms with Crippen molar-refractivity contribution >= 4 is 0 Å². The van der Waals surface area contributed by atoms with E-state index in [0.717, 1.165) is 0 Å². The summed E-state index contributed by atoms with van der Waals surface area (Å²) in [6.45, 7) is 6.05. The highest BCUT2D eigenvalue weighted by atomic mass is 19.1. The van der Waals surface area contributed by atoms with Gasteiger partial charge >= 0.3 is 0 Å². The first-order valence-electron chi connectivity index (χ1n) is 4.63. The highest BCUT2D eigenvalue weighted by Crippen LogP contribution is 2.19. The first-order valence-corrected chi connectivity index (χ1v) is 4.63. The maximum Gasteiger partial charge on any atom is 0.130 e. The molecule has 1 nitrogen and oxygen atoms in total. The lowest BCUT2D eigenvalue weighted by atomic mass is 10.1. The van der Waals surface area contributed by atoms with Crippen molar-refractivity contribution in [3.63, 3.8) is 0 Å². The van der Waals surface area contributed by atoms with Crippen LogP contribution in [0.5, 0.6) is 5.75 Å². The van der Waals surface area contributed by atoms with Gasteiger partial charge in [-0.2, -0.15) is 0 Å². The molecule has 0 spiro atoms. The fourth-order valence-corrected chi connectivity index (χ4v) is 0.897. The number of phenolic OH excluding ortho intramolecular Hbond substituents is 1. The molecule has 0 fully saturated rings. The molecule has 0 amide bonds. The summed E-state index contributed by atoms with van der Waals surface area (Å²) in [5, 5.41) is 9.05. The van der Waals surface area contributed by atoms with Crippen molar-refractivity contribution < 1.29 is 9.50 Å². The van der Waals surface area contributed by atoms with Crippen LogP contribution in [0.2, 0.25) is 0 Å². The number of hydrogen-bond donors (Lipinski definition) is 1. The molecule has 13 heavy (non-hydrogen) atoms. The highest BCUT2D eigenvalue weighted by molar-refractivity contribution is 5.32. The Balaban J connectivity index is 0.000000424. The van der Waals surface area contributed by atoms with Crippen molar-refractivity contribution in [2.24, 2.45) is 0 Å². The predicted octanol–water partition coefficient (Wildman–Crippen LogP) is 3.51. The molecular formula is C11H17FO. The molecule has 0 radical (unpaired) electrons. The lowest BCUT2D eigenvalue weighted by molar-refractivity contribution is 0.460. The molecule has 1 N–H and O–H groups in total. The SMILES string of the molecule is CCC.CCc1c(O)cccc1F. The maximum atomic E-state index is 12.7. The normalized spacial score (nSPS) is 8.92. The van der Waals surface area contributed by atoms with Crippen molar-refractivity contribution in [1.82, 2.24) is 0 Å². The summed E-state index contributed by atoms with van der Waals surface area (Å²) >= 11 is 0. The molecule has 1 aromatic carbocycles. The second-order valence-corrected chi connectivity index (χ2v) is 2.80. The van der Waals surface area contributed by atoms with Gasteiger partial charge in [-0.25, -0.2) is 4.39 Å². The van der Waals surface area contributed by atoms with Gasteiger partial charge in [-0.1, -0.05) is 33.3 Å². The van der Waals surface area contributed by atoms with E-state index in [9.17, 15) is 4.39 Å². The molecule has 0 aromatic heterocycles. The highest BCUT2D eigenvalue weighted by Gasteiger charge is 2.02. The van der Waals surface area contributed by atoms with Gasteiger partial charge < -0.3 is 5.11 Å². The Morgan fingerprint density at radius 1 is 1.23 bits per heavy atom. The Bertz CT molecular complexity index is 226. The third-order valence-electron chi connectivity index (χ3n) is 1.45. The van der Waals surface area contributed by atoms with E-state index in [0.29, 0.717) is 12.0 Å². The molecule has 0 saturated carbocycles. The van der Waals surface area contributed by atoms with Crippen molar-refractivity contribution in [3.05, 3.63) is 29.6 Å². The molecule has 0 aliphatic heterocycles. The first kappa shape index (κ1) is 11.9. The molecule has 0 aliphatic rings. The zero-order valence-corrected chi connectivity index (χ0v) is 8.47. The molecular weight excluding hydrogens is 167 g/mol. The zero-order chi connectivity index (χ0) is 10.3. The molecule has 0 heterocycles. The summed E-state index contributed by atoms with van der Waals surface area (Å²) in [5.74, 6) is -0.287. The third kappa shape index (κ3) is 3.92. The average Bonchev–Trinajstić information content (AvgIpc) is 2.06. The minimum Gasteiger partial charge on any atom is -0.508 e. The van der Waals surface area contributed by atoms with Crippen molar-refractivity contribution in [2.45, 2.75) is 33.6 Å². The average molecular weight is 184 g/mol. The van der Waals surface area contributed by atoms with Gasteiger partial charge in [-0.15, -0.1) is 0 Å². The summed E-state index contributed by atoms with van der Waals surface area (Å²) in [4.78, 5) is 0. The molecule has 0 aliphatic carbocycles. The third-order valence-corrected chi connectivity index (χ3v) is 1.45. The van der Waals surface area contributed by atoms with Gasteiger partial charge in [0.1, 0.15) is 11.6 Å². The molecule has 74 valence electrons. The van der Waals surface area contributed by atoms with Gasteiger partial charge in [-0.3, -0.25) is 0 Å². The van der Waals surface area contributed by atoms with E-state index >= 15 is 0 Å². The molecule has 2 heteroatoms. The van der Waals surface area contributed by atoms with E-state index < -0.39 is 0 Å². The minimum atomic E-state index is -0.331. The Labute approximate surface area is 79.2 Å². The summed E-state index contributed by atoms with van der Waals surface area (Å²) in [6.07, 6.45) is 1.78. The summed E-state index contributed by atoms with van der Waals surface area (Å²) in [7, 11) is 0.